The quantitative estimate of drug-likeness (QED) is 0.610. The smallest absolute Gasteiger partial charge is 0.258 e. The van der Waals surface area contributed by atoms with Crippen LogP contribution < -0.4 is 15.4 Å². The van der Waals surface area contributed by atoms with E-state index < -0.39 is 0 Å². The number of halogens is 3. The maximum absolute atomic E-state index is 12.2. The summed E-state index contributed by atoms with van der Waals surface area (Å²) < 4.78 is 6.68. The van der Waals surface area contributed by atoms with Crippen molar-refractivity contribution < 1.29 is 9.53 Å². The van der Waals surface area contributed by atoms with E-state index in [0.29, 0.717) is 22.0 Å². The van der Waals surface area contributed by atoms with Crippen molar-refractivity contribution >= 4 is 72.4 Å². The molecule has 120 valence electrons. The molecule has 0 aliphatic rings. The number of methoxy groups -OCH3 is 1. The van der Waals surface area contributed by atoms with E-state index >= 15 is 0 Å². The number of anilines is 1. The van der Waals surface area contributed by atoms with Gasteiger partial charge in [0, 0.05) is 10.2 Å². The van der Waals surface area contributed by atoms with Crippen LogP contribution in [0.5, 0.6) is 5.75 Å². The molecule has 0 aliphatic heterocycles. The summed E-state index contributed by atoms with van der Waals surface area (Å²) in [6.45, 7) is 0. The lowest BCUT2D eigenvalue weighted by Gasteiger charge is -2.12. The molecule has 0 spiro atoms. The Labute approximate surface area is 160 Å². The van der Waals surface area contributed by atoms with Crippen LogP contribution in [0.4, 0.5) is 5.69 Å². The molecule has 0 atom stereocenters. The molecule has 0 saturated carbocycles. The number of benzene rings is 2. The lowest BCUT2D eigenvalue weighted by atomic mass is 10.2. The second kappa shape index (κ2) is 8.10. The Kier molecular flexibility index (Phi) is 6.41. The van der Waals surface area contributed by atoms with E-state index in [0.717, 1.165) is 8.95 Å². The fraction of sp³-hybridized carbons (Fsp3) is 0.0667. The predicted octanol–water partition coefficient (Wildman–Crippen LogP) is 5.00. The van der Waals surface area contributed by atoms with Crippen LogP contribution in [-0.2, 0) is 0 Å². The van der Waals surface area contributed by atoms with Crippen LogP contribution in [0.25, 0.3) is 0 Å². The molecule has 2 N–H and O–H groups in total. The van der Waals surface area contributed by atoms with Gasteiger partial charge in [-0.15, -0.1) is 0 Å². The lowest BCUT2D eigenvalue weighted by Crippen LogP contribution is -2.34. The van der Waals surface area contributed by atoms with Gasteiger partial charge in [-0.25, -0.2) is 0 Å². The minimum absolute atomic E-state index is 0.170. The van der Waals surface area contributed by atoms with E-state index in [1.54, 1.807) is 43.5 Å². The van der Waals surface area contributed by atoms with Crippen LogP contribution >= 0.6 is 55.7 Å². The molecule has 0 aliphatic carbocycles. The first-order valence-corrected chi connectivity index (χ1v) is 8.69. The van der Waals surface area contributed by atoms with Crippen LogP contribution in [0, 0.1) is 0 Å². The van der Waals surface area contributed by atoms with Gasteiger partial charge >= 0.3 is 0 Å². The molecule has 2 aromatic rings. The molecule has 2 aromatic carbocycles. The van der Waals surface area contributed by atoms with Gasteiger partial charge < -0.3 is 10.1 Å². The van der Waals surface area contributed by atoms with Gasteiger partial charge in [-0.3, -0.25) is 10.1 Å². The highest BCUT2D eigenvalue weighted by molar-refractivity contribution is 9.10. The molecule has 0 radical (unpaired) electrons. The molecule has 0 unspecified atom stereocenters. The molecule has 0 bridgehead atoms. The van der Waals surface area contributed by atoms with E-state index in [9.17, 15) is 4.79 Å². The minimum Gasteiger partial charge on any atom is -0.496 e. The number of carbonyl (C=O) groups excluding carboxylic acids is 1. The van der Waals surface area contributed by atoms with Crippen molar-refractivity contribution in [3.05, 3.63) is 55.9 Å². The summed E-state index contributed by atoms with van der Waals surface area (Å²) >= 11 is 17.9. The maximum Gasteiger partial charge on any atom is 0.258 e. The number of rotatable bonds is 3. The van der Waals surface area contributed by atoms with Gasteiger partial charge in [-0.05, 0) is 64.5 Å². The molecule has 4 nitrogen and oxygen atoms in total. The average molecular weight is 479 g/mol. The van der Waals surface area contributed by atoms with Gasteiger partial charge in [0.05, 0.1) is 22.2 Å². The van der Waals surface area contributed by atoms with E-state index in [2.05, 4.69) is 42.5 Å². The van der Waals surface area contributed by atoms with E-state index in [-0.39, 0.29) is 11.0 Å². The third kappa shape index (κ3) is 4.91. The van der Waals surface area contributed by atoms with E-state index in [1.165, 1.54) is 0 Å². The molecule has 0 saturated heterocycles. The number of amides is 1. The van der Waals surface area contributed by atoms with E-state index in [4.69, 9.17) is 28.6 Å². The fourth-order valence-corrected chi connectivity index (χ4v) is 3.06. The van der Waals surface area contributed by atoms with Gasteiger partial charge in [0.15, 0.2) is 5.11 Å². The van der Waals surface area contributed by atoms with Crippen molar-refractivity contribution in [2.45, 2.75) is 0 Å². The summed E-state index contributed by atoms with van der Waals surface area (Å²) in [4.78, 5) is 12.2. The van der Waals surface area contributed by atoms with Gasteiger partial charge in [0.25, 0.3) is 5.91 Å². The van der Waals surface area contributed by atoms with Crippen molar-refractivity contribution in [2.24, 2.45) is 0 Å². The molecule has 0 heterocycles. The first-order valence-electron chi connectivity index (χ1n) is 6.31. The molecule has 1 amide bonds. The highest BCUT2D eigenvalue weighted by Crippen LogP contribution is 2.27. The second-order valence-electron chi connectivity index (χ2n) is 4.38. The van der Waals surface area contributed by atoms with Crippen LogP contribution in [0.15, 0.2) is 45.3 Å². The van der Waals surface area contributed by atoms with Crippen LogP contribution in [0.1, 0.15) is 10.4 Å². The van der Waals surface area contributed by atoms with Gasteiger partial charge in [-0.2, -0.15) is 0 Å². The van der Waals surface area contributed by atoms with Crippen molar-refractivity contribution in [3.8, 4) is 5.75 Å². The van der Waals surface area contributed by atoms with Gasteiger partial charge in [-0.1, -0.05) is 27.5 Å². The average Bonchev–Trinajstić information content (AvgIpc) is 2.49. The number of ether oxygens (including phenoxy) is 1. The van der Waals surface area contributed by atoms with Crippen LogP contribution in [0.3, 0.4) is 0 Å². The molecule has 0 aromatic heterocycles. The number of thiocarbonyl (C=S) groups is 1. The summed E-state index contributed by atoms with van der Waals surface area (Å²) in [6, 6.07) is 10.4. The summed E-state index contributed by atoms with van der Waals surface area (Å²) in [6.07, 6.45) is 0. The summed E-state index contributed by atoms with van der Waals surface area (Å²) in [7, 11) is 1.58. The molecule has 0 fully saturated rings. The highest BCUT2D eigenvalue weighted by atomic mass is 79.9. The SMILES string of the molecule is COc1ccc(NC(=S)NC(=O)c2cc(Br)ccc2Cl)cc1Br. The first-order chi connectivity index (χ1) is 10.9. The zero-order valence-corrected chi connectivity index (χ0v) is 16.6. The number of hydrogen-bond acceptors (Lipinski definition) is 3. The summed E-state index contributed by atoms with van der Waals surface area (Å²) in [5, 5.41) is 6.04. The van der Waals surface area contributed by atoms with Crippen LogP contribution in [0.2, 0.25) is 5.02 Å². The van der Waals surface area contributed by atoms with Crippen molar-refractivity contribution in [2.75, 3.05) is 12.4 Å². The molecule has 23 heavy (non-hydrogen) atoms. The maximum atomic E-state index is 12.2. The predicted molar refractivity (Wildman–Crippen MR) is 104 cm³/mol. The summed E-state index contributed by atoms with van der Waals surface area (Å²) in [5.41, 5.74) is 1.05. The zero-order chi connectivity index (χ0) is 17.0. The Balaban J connectivity index is 2.06. The number of nitrogens with one attached hydrogen (secondary N) is 2. The first kappa shape index (κ1) is 18.2. The fourth-order valence-electron chi connectivity index (χ4n) is 1.75. The molecule has 2 rings (SSSR count). The normalized spacial score (nSPS) is 10.1. The largest absolute Gasteiger partial charge is 0.496 e. The summed E-state index contributed by atoms with van der Waals surface area (Å²) in [5.74, 6) is 0.313. The van der Waals surface area contributed by atoms with Crippen molar-refractivity contribution in [1.82, 2.24) is 5.32 Å². The second-order valence-corrected chi connectivity index (χ2v) is 6.97. The Morgan fingerprint density at radius 2 is 1.96 bits per heavy atom. The third-order valence-electron chi connectivity index (χ3n) is 2.81. The molecular weight excluding hydrogens is 468 g/mol. The Bertz CT molecular complexity index is 771. The highest BCUT2D eigenvalue weighted by Gasteiger charge is 2.13. The number of hydrogen-bond donors (Lipinski definition) is 2. The van der Waals surface area contributed by atoms with Crippen molar-refractivity contribution in [3.63, 3.8) is 0 Å². The Morgan fingerprint density at radius 1 is 1.22 bits per heavy atom. The standard InChI is InChI=1S/C15H11Br2ClN2O2S/c1-22-13-5-3-9(7-11(13)17)19-15(23)20-14(21)10-6-8(16)2-4-12(10)18/h2-7H,1H3,(H2,19,20,21,23). The minimum atomic E-state index is -0.388. The topological polar surface area (TPSA) is 50.4 Å². The monoisotopic (exact) mass is 476 g/mol. The molecular formula is C15H11Br2ClN2O2S. The van der Waals surface area contributed by atoms with Crippen molar-refractivity contribution in [1.29, 1.82) is 0 Å². The van der Waals surface area contributed by atoms with Gasteiger partial charge in [0.2, 0.25) is 0 Å². The third-order valence-corrected chi connectivity index (χ3v) is 4.46. The van der Waals surface area contributed by atoms with E-state index in [1.807, 2.05) is 0 Å². The number of carbonyl (C=O) groups is 1. The Hall–Kier alpha value is -1.15. The zero-order valence-electron chi connectivity index (χ0n) is 11.8. The molecule has 8 heteroatoms. The van der Waals surface area contributed by atoms with Gasteiger partial charge in [0.1, 0.15) is 5.75 Å². The lowest BCUT2D eigenvalue weighted by molar-refractivity contribution is 0.0978. The Morgan fingerprint density at radius 3 is 2.61 bits per heavy atom. The van der Waals surface area contributed by atoms with Crippen LogP contribution in [-0.4, -0.2) is 18.1 Å².